The number of aliphatic hydroxyl groups is 1. The van der Waals surface area contributed by atoms with Crippen LogP contribution in [0.5, 0.6) is 0 Å². The molecule has 0 aromatic heterocycles. The first-order valence-electron chi connectivity index (χ1n) is 6.79. The SMILES string of the molecule is COC1CCN(CC(O)c2ccc(F)cc2C)CC1. The molecule has 1 fully saturated rings. The van der Waals surface area contributed by atoms with Crippen molar-refractivity contribution in [2.75, 3.05) is 26.7 Å². The molecule has 1 N–H and O–H groups in total. The summed E-state index contributed by atoms with van der Waals surface area (Å²) in [6, 6.07) is 4.55. The lowest BCUT2D eigenvalue weighted by molar-refractivity contribution is 0.0241. The molecule has 1 aromatic carbocycles. The normalized spacial score (nSPS) is 19.6. The second-order valence-electron chi connectivity index (χ2n) is 5.25. The molecule has 1 aliphatic heterocycles. The molecule has 0 saturated carbocycles. The van der Waals surface area contributed by atoms with Crippen molar-refractivity contribution in [3.05, 3.63) is 35.1 Å². The number of aryl methyl sites for hydroxylation is 1. The maximum absolute atomic E-state index is 13.0. The van der Waals surface area contributed by atoms with Gasteiger partial charge in [-0.25, -0.2) is 4.39 Å². The predicted molar refractivity (Wildman–Crippen MR) is 72.6 cm³/mol. The summed E-state index contributed by atoms with van der Waals surface area (Å²) >= 11 is 0. The van der Waals surface area contributed by atoms with Gasteiger partial charge >= 0.3 is 0 Å². The molecule has 19 heavy (non-hydrogen) atoms. The molecule has 3 nitrogen and oxygen atoms in total. The quantitative estimate of drug-likeness (QED) is 0.908. The maximum atomic E-state index is 13.0. The van der Waals surface area contributed by atoms with Gasteiger partial charge in [-0.2, -0.15) is 0 Å². The van der Waals surface area contributed by atoms with Crippen LogP contribution in [0.2, 0.25) is 0 Å². The molecule has 1 atom stereocenters. The van der Waals surface area contributed by atoms with Gasteiger partial charge in [0.15, 0.2) is 0 Å². The molecule has 2 rings (SSSR count). The Morgan fingerprint density at radius 2 is 2.11 bits per heavy atom. The number of benzene rings is 1. The first-order chi connectivity index (χ1) is 9.10. The number of methoxy groups -OCH3 is 1. The number of ether oxygens (including phenoxy) is 1. The molecule has 0 radical (unpaired) electrons. The van der Waals surface area contributed by atoms with Crippen LogP contribution in [0.4, 0.5) is 4.39 Å². The average molecular weight is 267 g/mol. The Hall–Kier alpha value is -0.970. The number of β-amino-alcohol motifs (C(OH)–C–C–N with tert-alkyl or cyclic N) is 1. The van der Waals surface area contributed by atoms with Crippen molar-refractivity contribution in [2.24, 2.45) is 0 Å². The molecule has 1 unspecified atom stereocenters. The number of rotatable bonds is 4. The van der Waals surface area contributed by atoms with Crippen molar-refractivity contribution in [2.45, 2.75) is 32.0 Å². The molecule has 1 aliphatic rings. The summed E-state index contributed by atoms with van der Waals surface area (Å²) in [6.07, 6.45) is 1.80. The number of piperidine rings is 1. The zero-order chi connectivity index (χ0) is 13.8. The first kappa shape index (κ1) is 14.4. The highest BCUT2D eigenvalue weighted by Crippen LogP contribution is 2.21. The lowest BCUT2D eigenvalue weighted by Crippen LogP contribution is -2.39. The molecule has 4 heteroatoms. The number of hydrogen-bond acceptors (Lipinski definition) is 3. The minimum atomic E-state index is -0.556. The van der Waals surface area contributed by atoms with Crippen LogP contribution < -0.4 is 0 Å². The Morgan fingerprint density at radius 3 is 2.68 bits per heavy atom. The van der Waals surface area contributed by atoms with E-state index in [-0.39, 0.29) is 5.82 Å². The Kier molecular flexibility index (Phi) is 4.91. The molecule has 0 amide bonds. The van der Waals surface area contributed by atoms with E-state index in [0.29, 0.717) is 12.6 Å². The van der Waals surface area contributed by atoms with Gasteiger partial charge in [-0.1, -0.05) is 6.07 Å². The summed E-state index contributed by atoms with van der Waals surface area (Å²) in [7, 11) is 1.75. The van der Waals surface area contributed by atoms with Gasteiger partial charge in [-0.3, -0.25) is 0 Å². The van der Waals surface area contributed by atoms with Crippen molar-refractivity contribution in [1.29, 1.82) is 0 Å². The van der Waals surface area contributed by atoms with Gasteiger partial charge in [-0.05, 0) is 43.0 Å². The monoisotopic (exact) mass is 267 g/mol. The van der Waals surface area contributed by atoms with Gasteiger partial charge < -0.3 is 14.7 Å². The van der Waals surface area contributed by atoms with Crippen LogP contribution in [0.25, 0.3) is 0 Å². The Labute approximate surface area is 114 Å². The van der Waals surface area contributed by atoms with Gasteiger partial charge in [0, 0.05) is 26.7 Å². The van der Waals surface area contributed by atoms with Crippen LogP contribution in [-0.2, 0) is 4.74 Å². The summed E-state index contributed by atoms with van der Waals surface area (Å²) in [5.41, 5.74) is 1.62. The average Bonchev–Trinajstić information content (AvgIpc) is 2.39. The minimum Gasteiger partial charge on any atom is -0.387 e. The van der Waals surface area contributed by atoms with Crippen molar-refractivity contribution < 1.29 is 14.2 Å². The summed E-state index contributed by atoms with van der Waals surface area (Å²) in [6.45, 7) is 4.31. The molecule has 106 valence electrons. The van der Waals surface area contributed by atoms with Crippen LogP contribution >= 0.6 is 0 Å². The molecule has 1 saturated heterocycles. The van der Waals surface area contributed by atoms with E-state index in [1.165, 1.54) is 12.1 Å². The zero-order valence-electron chi connectivity index (χ0n) is 11.6. The van der Waals surface area contributed by atoms with E-state index in [1.54, 1.807) is 13.2 Å². The Balaban J connectivity index is 1.92. The number of likely N-dealkylation sites (tertiary alicyclic amines) is 1. The largest absolute Gasteiger partial charge is 0.387 e. The lowest BCUT2D eigenvalue weighted by atomic mass is 10.0. The number of aliphatic hydroxyl groups excluding tert-OH is 1. The third kappa shape index (κ3) is 3.75. The van der Waals surface area contributed by atoms with Crippen molar-refractivity contribution in [1.82, 2.24) is 4.90 Å². The van der Waals surface area contributed by atoms with E-state index in [2.05, 4.69) is 4.90 Å². The third-order valence-electron chi connectivity index (χ3n) is 3.89. The summed E-state index contributed by atoms with van der Waals surface area (Å²) < 4.78 is 18.4. The van der Waals surface area contributed by atoms with Crippen LogP contribution in [0, 0.1) is 12.7 Å². The molecular formula is C15H22FNO2. The topological polar surface area (TPSA) is 32.7 Å². The molecule has 0 spiro atoms. The fraction of sp³-hybridized carbons (Fsp3) is 0.600. The van der Waals surface area contributed by atoms with Crippen molar-refractivity contribution in [3.8, 4) is 0 Å². The van der Waals surface area contributed by atoms with Gasteiger partial charge in [-0.15, -0.1) is 0 Å². The Bertz CT molecular complexity index is 417. The minimum absolute atomic E-state index is 0.255. The van der Waals surface area contributed by atoms with Crippen LogP contribution in [0.3, 0.4) is 0 Å². The number of nitrogens with zero attached hydrogens (tertiary/aromatic N) is 1. The maximum Gasteiger partial charge on any atom is 0.123 e. The van der Waals surface area contributed by atoms with Crippen LogP contribution in [0.1, 0.15) is 30.1 Å². The molecule has 0 aliphatic carbocycles. The van der Waals surface area contributed by atoms with E-state index in [0.717, 1.165) is 37.1 Å². The van der Waals surface area contributed by atoms with Crippen LogP contribution in [-0.4, -0.2) is 42.9 Å². The molecule has 1 heterocycles. The highest BCUT2D eigenvalue weighted by atomic mass is 19.1. The van der Waals surface area contributed by atoms with E-state index >= 15 is 0 Å². The first-order valence-corrected chi connectivity index (χ1v) is 6.79. The smallest absolute Gasteiger partial charge is 0.123 e. The zero-order valence-corrected chi connectivity index (χ0v) is 11.6. The summed E-state index contributed by atoms with van der Waals surface area (Å²) in [5, 5.41) is 10.3. The second-order valence-corrected chi connectivity index (χ2v) is 5.25. The summed E-state index contributed by atoms with van der Waals surface area (Å²) in [5.74, 6) is -0.255. The van der Waals surface area contributed by atoms with Crippen molar-refractivity contribution >= 4 is 0 Å². The van der Waals surface area contributed by atoms with E-state index in [4.69, 9.17) is 4.74 Å². The predicted octanol–water partition coefficient (Wildman–Crippen LogP) is 2.28. The standard InChI is InChI=1S/C15H22FNO2/c1-11-9-12(16)3-4-14(11)15(18)10-17-7-5-13(19-2)6-8-17/h3-4,9,13,15,18H,5-8,10H2,1-2H3. The lowest BCUT2D eigenvalue weighted by Gasteiger charge is -2.32. The number of halogens is 1. The fourth-order valence-corrected chi connectivity index (χ4v) is 2.68. The van der Waals surface area contributed by atoms with Gasteiger partial charge in [0.25, 0.3) is 0 Å². The van der Waals surface area contributed by atoms with Gasteiger partial charge in [0.2, 0.25) is 0 Å². The Morgan fingerprint density at radius 1 is 1.42 bits per heavy atom. The van der Waals surface area contributed by atoms with Crippen LogP contribution in [0.15, 0.2) is 18.2 Å². The summed E-state index contributed by atoms with van der Waals surface area (Å²) in [4.78, 5) is 2.24. The van der Waals surface area contributed by atoms with Gasteiger partial charge in [0.05, 0.1) is 12.2 Å². The highest BCUT2D eigenvalue weighted by molar-refractivity contribution is 5.28. The van der Waals surface area contributed by atoms with Gasteiger partial charge in [0.1, 0.15) is 5.82 Å². The fourth-order valence-electron chi connectivity index (χ4n) is 2.68. The second kappa shape index (κ2) is 6.46. The van der Waals surface area contributed by atoms with E-state index in [9.17, 15) is 9.50 Å². The molecular weight excluding hydrogens is 245 g/mol. The van der Waals surface area contributed by atoms with E-state index in [1.807, 2.05) is 6.92 Å². The molecule has 0 bridgehead atoms. The highest BCUT2D eigenvalue weighted by Gasteiger charge is 2.21. The molecule has 1 aromatic rings. The number of hydrogen-bond donors (Lipinski definition) is 1. The van der Waals surface area contributed by atoms with E-state index < -0.39 is 6.10 Å². The third-order valence-corrected chi connectivity index (χ3v) is 3.89. The van der Waals surface area contributed by atoms with Crippen molar-refractivity contribution in [3.63, 3.8) is 0 Å².